The first kappa shape index (κ1) is 11.6. The van der Waals surface area contributed by atoms with Crippen molar-refractivity contribution in [3.8, 4) is 0 Å². The summed E-state index contributed by atoms with van der Waals surface area (Å²) in [6, 6.07) is 1.63. The Morgan fingerprint density at radius 1 is 1.27 bits per heavy atom. The van der Waals surface area contributed by atoms with Gasteiger partial charge >= 0.3 is 5.97 Å². The largest absolute Gasteiger partial charge is 0.455 e. The van der Waals surface area contributed by atoms with Crippen molar-refractivity contribution in [3.05, 3.63) is 23.3 Å². The first-order valence-corrected chi connectivity index (χ1v) is 4.83. The zero-order chi connectivity index (χ0) is 11.6. The number of carbonyl (C=O) groups excluding carboxylic acids is 1. The van der Waals surface area contributed by atoms with Crippen LogP contribution in [0.1, 0.15) is 42.8 Å². The summed E-state index contributed by atoms with van der Waals surface area (Å²) in [7, 11) is 0. The molecule has 1 heterocycles. The second-order valence-electron chi connectivity index (χ2n) is 4.44. The molecule has 0 aliphatic heterocycles. The number of hydrogen-bond acceptors (Lipinski definition) is 4. The van der Waals surface area contributed by atoms with Gasteiger partial charge in [-0.05, 0) is 40.7 Å². The molecule has 0 atom stereocenters. The molecule has 0 saturated heterocycles. The Balaban J connectivity index is 2.92. The van der Waals surface area contributed by atoms with Crippen molar-refractivity contribution in [3.63, 3.8) is 0 Å². The van der Waals surface area contributed by atoms with Crippen LogP contribution in [0.2, 0.25) is 0 Å². The molecule has 0 unspecified atom stereocenters. The van der Waals surface area contributed by atoms with E-state index in [1.807, 2.05) is 27.7 Å². The van der Waals surface area contributed by atoms with Gasteiger partial charge in [-0.3, -0.25) is 0 Å². The third-order valence-electron chi connectivity index (χ3n) is 1.57. The van der Waals surface area contributed by atoms with Crippen molar-refractivity contribution in [2.75, 3.05) is 0 Å². The van der Waals surface area contributed by atoms with Crippen LogP contribution in [0.5, 0.6) is 0 Å². The Labute approximate surface area is 89.7 Å². The maximum absolute atomic E-state index is 11.7. The third-order valence-corrected chi connectivity index (χ3v) is 1.57. The van der Waals surface area contributed by atoms with Gasteiger partial charge in [0.1, 0.15) is 11.4 Å². The fraction of sp³-hybridized carbons (Fsp3) is 0.545. The van der Waals surface area contributed by atoms with Gasteiger partial charge in [0.2, 0.25) is 0 Å². The summed E-state index contributed by atoms with van der Waals surface area (Å²) in [5.74, 6) is 0.173. The number of rotatable bonds is 1. The lowest BCUT2D eigenvalue weighted by Crippen LogP contribution is -2.24. The summed E-state index contributed by atoms with van der Waals surface area (Å²) in [4.78, 5) is 19.8. The highest BCUT2D eigenvalue weighted by Gasteiger charge is 2.19. The molecule has 15 heavy (non-hydrogen) atoms. The number of nitrogens with zero attached hydrogens (tertiary/aromatic N) is 2. The fourth-order valence-electron chi connectivity index (χ4n) is 1.15. The van der Waals surface area contributed by atoms with Crippen molar-refractivity contribution in [2.45, 2.75) is 40.2 Å². The van der Waals surface area contributed by atoms with Gasteiger partial charge in [-0.25, -0.2) is 14.8 Å². The van der Waals surface area contributed by atoms with Crippen molar-refractivity contribution in [1.82, 2.24) is 9.97 Å². The maximum Gasteiger partial charge on any atom is 0.357 e. The Kier molecular flexibility index (Phi) is 3.07. The zero-order valence-corrected chi connectivity index (χ0v) is 9.79. The third kappa shape index (κ3) is 3.65. The molecule has 0 aliphatic rings. The van der Waals surface area contributed by atoms with Crippen molar-refractivity contribution in [1.29, 1.82) is 0 Å². The molecule has 0 aromatic carbocycles. The average Bonchev–Trinajstić information content (AvgIpc) is 1.98. The highest BCUT2D eigenvalue weighted by Crippen LogP contribution is 2.11. The Morgan fingerprint density at radius 3 is 2.33 bits per heavy atom. The number of carbonyl (C=O) groups is 1. The molecule has 1 aromatic heterocycles. The molecule has 4 nitrogen and oxygen atoms in total. The van der Waals surface area contributed by atoms with Crippen LogP contribution in [0.3, 0.4) is 0 Å². The zero-order valence-electron chi connectivity index (χ0n) is 9.79. The predicted molar refractivity (Wildman–Crippen MR) is 56.7 cm³/mol. The summed E-state index contributed by atoms with van der Waals surface area (Å²) in [6.45, 7) is 9.05. The Hall–Kier alpha value is -1.45. The van der Waals surface area contributed by atoms with Gasteiger partial charge in [0.15, 0.2) is 5.69 Å². The SMILES string of the molecule is Cc1cc(C(=O)OC(C)(C)C)nc(C)n1. The lowest BCUT2D eigenvalue weighted by Gasteiger charge is -2.19. The topological polar surface area (TPSA) is 52.1 Å². The number of aryl methyl sites for hydroxylation is 2. The molecule has 0 amide bonds. The molecule has 0 aliphatic carbocycles. The molecular formula is C11H16N2O2. The van der Waals surface area contributed by atoms with E-state index in [2.05, 4.69) is 9.97 Å². The molecule has 0 saturated carbocycles. The van der Waals surface area contributed by atoms with Crippen LogP contribution >= 0.6 is 0 Å². The standard InChI is InChI=1S/C11H16N2O2/c1-7-6-9(13-8(2)12-7)10(14)15-11(3,4)5/h6H,1-5H3. The second kappa shape index (κ2) is 3.96. The van der Waals surface area contributed by atoms with E-state index < -0.39 is 11.6 Å². The first-order chi connectivity index (χ1) is 6.78. The first-order valence-electron chi connectivity index (χ1n) is 4.83. The number of hydrogen-bond donors (Lipinski definition) is 0. The van der Waals surface area contributed by atoms with Crippen molar-refractivity contribution < 1.29 is 9.53 Å². The summed E-state index contributed by atoms with van der Waals surface area (Å²) < 4.78 is 5.20. The van der Waals surface area contributed by atoms with Gasteiger partial charge in [0, 0.05) is 5.69 Å². The predicted octanol–water partition coefficient (Wildman–Crippen LogP) is 2.05. The summed E-state index contributed by atoms with van der Waals surface area (Å²) in [6.07, 6.45) is 0. The van der Waals surface area contributed by atoms with E-state index in [-0.39, 0.29) is 0 Å². The Morgan fingerprint density at radius 2 is 1.87 bits per heavy atom. The van der Waals surface area contributed by atoms with E-state index in [4.69, 9.17) is 4.74 Å². The minimum atomic E-state index is -0.496. The quantitative estimate of drug-likeness (QED) is 0.663. The number of aromatic nitrogens is 2. The van der Waals surface area contributed by atoms with Gasteiger partial charge < -0.3 is 4.74 Å². The molecule has 82 valence electrons. The Bertz CT molecular complexity index is 360. The molecular weight excluding hydrogens is 192 g/mol. The van der Waals surface area contributed by atoms with Crippen LogP contribution in [0, 0.1) is 13.8 Å². The van der Waals surface area contributed by atoms with Gasteiger partial charge in [-0.2, -0.15) is 0 Å². The van der Waals surface area contributed by atoms with Gasteiger partial charge in [0.25, 0.3) is 0 Å². The summed E-state index contributed by atoms with van der Waals surface area (Å²) in [5.41, 5.74) is 0.586. The molecule has 0 spiro atoms. The highest BCUT2D eigenvalue weighted by molar-refractivity contribution is 5.87. The molecule has 0 radical (unpaired) electrons. The monoisotopic (exact) mass is 208 g/mol. The van der Waals surface area contributed by atoms with Gasteiger partial charge in [-0.15, -0.1) is 0 Å². The van der Waals surface area contributed by atoms with Crippen LogP contribution in [0.25, 0.3) is 0 Å². The molecule has 0 fully saturated rings. The summed E-state index contributed by atoms with van der Waals surface area (Å²) >= 11 is 0. The lowest BCUT2D eigenvalue weighted by molar-refractivity contribution is 0.00622. The number of esters is 1. The number of ether oxygens (including phenoxy) is 1. The van der Waals surface area contributed by atoms with Crippen LogP contribution in [-0.2, 0) is 4.74 Å². The fourth-order valence-corrected chi connectivity index (χ4v) is 1.15. The molecule has 1 rings (SSSR count). The van der Waals surface area contributed by atoms with E-state index in [9.17, 15) is 4.79 Å². The van der Waals surface area contributed by atoms with E-state index >= 15 is 0 Å². The van der Waals surface area contributed by atoms with Crippen LogP contribution in [0.15, 0.2) is 6.07 Å². The van der Waals surface area contributed by atoms with Crippen molar-refractivity contribution in [2.24, 2.45) is 0 Å². The van der Waals surface area contributed by atoms with E-state index in [0.717, 1.165) is 5.69 Å². The summed E-state index contributed by atoms with van der Waals surface area (Å²) in [5, 5.41) is 0. The average molecular weight is 208 g/mol. The van der Waals surface area contributed by atoms with Crippen molar-refractivity contribution >= 4 is 5.97 Å². The minimum Gasteiger partial charge on any atom is -0.455 e. The van der Waals surface area contributed by atoms with Crippen LogP contribution in [-0.4, -0.2) is 21.5 Å². The highest BCUT2D eigenvalue weighted by atomic mass is 16.6. The van der Waals surface area contributed by atoms with Crippen LogP contribution in [0.4, 0.5) is 0 Å². The molecule has 4 heteroatoms. The molecule has 1 aromatic rings. The maximum atomic E-state index is 11.7. The van der Waals surface area contributed by atoms with E-state index in [1.165, 1.54) is 0 Å². The van der Waals surface area contributed by atoms with Crippen LogP contribution < -0.4 is 0 Å². The normalized spacial score (nSPS) is 11.3. The second-order valence-corrected chi connectivity index (χ2v) is 4.44. The van der Waals surface area contributed by atoms with Gasteiger partial charge in [-0.1, -0.05) is 0 Å². The smallest absolute Gasteiger partial charge is 0.357 e. The minimum absolute atomic E-state index is 0.315. The van der Waals surface area contributed by atoms with Gasteiger partial charge in [0.05, 0.1) is 0 Å². The molecule has 0 bridgehead atoms. The molecule has 0 N–H and O–H groups in total. The van der Waals surface area contributed by atoms with E-state index in [0.29, 0.717) is 11.5 Å². The lowest BCUT2D eigenvalue weighted by atomic mass is 10.2. The van der Waals surface area contributed by atoms with E-state index in [1.54, 1.807) is 13.0 Å².